The van der Waals surface area contributed by atoms with Crippen molar-refractivity contribution >= 4 is 33.2 Å². The summed E-state index contributed by atoms with van der Waals surface area (Å²) in [4.78, 5) is 17.6. The lowest BCUT2D eigenvalue weighted by Gasteiger charge is -2.31. The zero-order valence-electron chi connectivity index (χ0n) is 13.8. The van der Waals surface area contributed by atoms with Crippen LogP contribution in [0.3, 0.4) is 0 Å². The fourth-order valence-electron chi connectivity index (χ4n) is 2.74. The number of anilines is 1. The highest BCUT2D eigenvalue weighted by atomic mass is 32.2. The van der Waals surface area contributed by atoms with Gasteiger partial charge >= 0.3 is 6.09 Å². The summed E-state index contributed by atoms with van der Waals surface area (Å²) in [5.74, 6) is 0. The van der Waals surface area contributed by atoms with Crippen LogP contribution in [0, 0.1) is 0 Å². The van der Waals surface area contributed by atoms with E-state index in [4.69, 9.17) is 14.3 Å². The summed E-state index contributed by atoms with van der Waals surface area (Å²) in [5.41, 5.74) is 0.886. The molecule has 0 bridgehead atoms. The number of nitrogens with zero attached hydrogens (tertiary/aromatic N) is 2. The van der Waals surface area contributed by atoms with Crippen molar-refractivity contribution in [1.29, 1.82) is 0 Å². The first-order valence-electron chi connectivity index (χ1n) is 7.98. The summed E-state index contributed by atoms with van der Waals surface area (Å²) < 4.78 is 33.4. The number of carbonyl (C=O) groups excluding carboxylic acids is 1. The quantitative estimate of drug-likeness (QED) is 0.837. The molecular weight excluding hydrogens is 348 g/mol. The summed E-state index contributed by atoms with van der Waals surface area (Å²) in [6, 6.07) is 4.71. The van der Waals surface area contributed by atoms with Gasteiger partial charge in [-0.3, -0.25) is 0 Å². The molecule has 10 heteroatoms. The number of likely N-dealkylation sites (tertiary alicyclic amines) is 1. The Kier molecular flexibility index (Phi) is 4.82. The molecule has 0 atom stereocenters. The molecule has 1 aromatic heterocycles. The fourth-order valence-corrected chi connectivity index (χ4v) is 3.28. The minimum absolute atomic E-state index is 0.0115. The van der Waals surface area contributed by atoms with Crippen LogP contribution < -0.4 is 10.5 Å². The van der Waals surface area contributed by atoms with Gasteiger partial charge in [0.15, 0.2) is 5.58 Å². The van der Waals surface area contributed by atoms with Crippen molar-refractivity contribution in [2.24, 2.45) is 5.14 Å². The van der Waals surface area contributed by atoms with E-state index in [2.05, 4.69) is 10.3 Å². The van der Waals surface area contributed by atoms with Gasteiger partial charge in [-0.25, -0.2) is 18.4 Å². The monoisotopic (exact) mass is 368 g/mol. The van der Waals surface area contributed by atoms with Crippen molar-refractivity contribution in [3.63, 3.8) is 0 Å². The molecule has 0 aliphatic carbocycles. The number of carbonyl (C=O) groups is 1. The lowest BCUT2D eigenvalue weighted by Crippen LogP contribution is -2.42. The SMILES string of the molecule is CCOC(=O)N1CCC(Nc2nc3cc(S(N)(=O)=O)ccc3o2)CC1. The molecule has 9 nitrogen and oxygen atoms in total. The number of piperidine rings is 1. The Morgan fingerprint density at radius 3 is 2.80 bits per heavy atom. The maximum Gasteiger partial charge on any atom is 0.409 e. The molecule has 1 aliphatic heterocycles. The second-order valence-electron chi connectivity index (χ2n) is 5.80. The first-order valence-corrected chi connectivity index (χ1v) is 9.53. The van der Waals surface area contributed by atoms with Gasteiger partial charge in [0.05, 0.1) is 11.5 Å². The molecule has 1 amide bonds. The topological polar surface area (TPSA) is 128 Å². The van der Waals surface area contributed by atoms with E-state index < -0.39 is 10.0 Å². The number of aromatic nitrogens is 1. The van der Waals surface area contributed by atoms with Crippen LogP contribution in [0.15, 0.2) is 27.5 Å². The molecule has 1 fully saturated rings. The van der Waals surface area contributed by atoms with Crippen LogP contribution in [-0.2, 0) is 14.8 Å². The van der Waals surface area contributed by atoms with Gasteiger partial charge < -0.3 is 19.4 Å². The van der Waals surface area contributed by atoms with E-state index in [1.165, 1.54) is 18.2 Å². The lowest BCUT2D eigenvalue weighted by atomic mass is 10.1. The van der Waals surface area contributed by atoms with Crippen LogP contribution in [0.2, 0.25) is 0 Å². The number of nitrogens with one attached hydrogen (secondary N) is 1. The minimum atomic E-state index is -3.78. The number of hydrogen-bond donors (Lipinski definition) is 2. The van der Waals surface area contributed by atoms with Crippen LogP contribution in [0.25, 0.3) is 11.1 Å². The van der Waals surface area contributed by atoms with Gasteiger partial charge in [-0.2, -0.15) is 4.98 Å². The van der Waals surface area contributed by atoms with E-state index in [9.17, 15) is 13.2 Å². The number of fused-ring (bicyclic) bond motifs is 1. The van der Waals surface area contributed by atoms with Gasteiger partial charge in [-0.1, -0.05) is 0 Å². The van der Waals surface area contributed by atoms with Crippen molar-refractivity contribution < 1.29 is 22.4 Å². The third-order valence-electron chi connectivity index (χ3n) is 4.04. The van der Waals surface area contributed by atoms with E-state index in [1.807, 2.05) is 0 Å². The molecule has 136 valence electrons. The van der Waals surface area contributed by atoms with Gasteiger partial charge in [0.2, 0.25) is 10.0 Å². The first kappa shape index (κ1) is 17.5. The van der Waals surface area contributed by atoms with Gasteiger partial charge in [-0.15, -0.1) is 0 Å². The predicted octanol–water partition coefficient (Wildman–Crippen LogP) is 1.51. The third-order valence-corrected chi connectivity index (χ3v) is 4.95. The van der Waals surface area contributed by atoms with Crippen molar-refractivity contribution in [2.75, 3.05) is 25.0 Å². The number of oxazole rings is 1. The summed E-state index contributed by atoms with van der Waals surface area (Å²) in [7, 11) is -3.78. The van der Waals surface area contributed by atoms with Crippen LogP contribution >= 0.6 is 0 Å². The average Bonchev–Trinajstić information content (AvgIpc) is 2.96. The third kappa shape index (κ3) is 4.02. The lowest BCUT2D eigenvalue weighted by molar-refractivity contribution is 0.0982. The number of sulfonamides is 1. The van der Waals surface area contributed by atoms with Gasteiger partial charge in [-0.05, 0) is 38.0 Å². The fraction of sp³-hybridized carbons (Fsp3) is 0.467. The number of benzene rings is 1. The molecule has 0 unspecified atom stereocenters. The molecule has 3 rings (SSSR count). The maximum atomic E-state index is 11.7. The van der Waals surface area contributed by atoms with E-state index in [0.29, 0.717) is 36.8 Å². The standard InChI is InChI=1S/C15H20N4O5S/c1-2-23-15(20)19-7-5-10(6-8-19)17-14-18-12-9-11(25(16,21)22)3-4-13(12)24-14/h3-4,9-10H,2,5-8H2,1H3,(H,17,18)(H2,16,21,22). The smallest absolute Gasteiger partial charge is 0.409 e. The van der Waals surface area contributed by atoms with Crippen LogP contribution in [0.5, 0.6) is 0 Å². The Labute approximate surface area is 145 Å². The maximum absolute atomic E-state index is 11.7. The first-order chi connectivity index (χ1) is 11.9. The summed E-state index contributed by atoms with van der Waals surface area (Å²) in [5, 5.41) is 8.30. The minimum Gasteiger partial charge on any atom is -0.450 e. The molecule has 0 spiro atoms. The number of amides is 1. The Morgan fingerprint density at radius 1 is 1.44 bits per heavy atom. The average molecular weight is 368 g/mol. The van der Waals surface area contributed by atoms with Gasteiger partial charge in [0.1, 0.15) is 5.52 Å². The van der Waals surface area contributed by atoms with Crippen molar-refractivity contribution in [2.45, 2.75) is 30.7 Å². The van der Waals surface area contributed by atoms with Crippen LogP contribution in [0.1, 0.15) is 19.8 Å². The molecule has 1 aliphatic rings. The van der Waals surface area contributed by atoms with Gasteiger partial charge in [0.25, 0.3) is 6.01 Å². The second-order valence-corrected chi connectivity index (χ2v) is 7.36. The van der Waals surface area contributed by atoms with E-state index in [0.717, 1.165) is 12.8 Å². The molecule has 1 saturated heterocycles. The highest BCUT2D eigenvalue weighted by Crippen LogP contribution is 2.24. The normalized spacial score (nSPS) is 16.2. The van der Waals surface area contributed by atoms with Crippen LogP contribution in [-0.4, -0.2) is 50.1 Å². The molecule has 0 radical (unpaired) electrons. The molecule has 25 heavy (non-hydrogen) atoms. The van der Waals surface area contributed by atoms with Gasteiger partial charge in [0, 0.05) is 19.1 Å². The number of hydrogen-bond acceptors (Lipinski definition) is 7. The molecule has 0 saturated carbocycles. The van der Waals surface area contributed by atoms with E-state index in [1.54, 1.807) is 11.8 Å². The van der Waals surface area contributed by atoms with Crippen molar-refractivity contribution in [3.05, 3.63) is 18.2 Å². The Morgan fingerprint density at radius 2 is 2.16 bits per heavy atom. The molecule has 2 aromatic rings. The highest BCUT2D eigenvalue weighted by molar-refractivity contribution is 7.89. The predicted molar refractivity (Wildman–Crippen MR) is 90.6 cm³/mol. The highest BCUT2D eigenvalue weighted by Gasteiger charge is 2.24. The zero-order valence-corrected chi connectivity index (χ0v) is 14.6. The Balaban J connectivity index is 1.65. The number of primary sulfonamides is 1. The second kappa shape index (κ2) is 6.89. The Hall–Kier alpha value is -2.33. The largest absolute Gasteiger partial charge is 0.450 e. The van der Waals surface area contributed by atoms with Crippen molar-refractivity contribution in [3.8, 4) is 0 Å². The van der Waals surface area contributed by atoms with E-state index in [-0.39, 0.29) is 17.0 Å². The summed E-state index contributed by atoms with van der Waals surface area (Å²) in [6.07, 6.45) is 1.18. The summed E-state index contributed by atoms with van der Waals surface area (Å²) in [6.45, 7) is 3.32. The molecule has 3 N–H and O–H groups in total. The molecular formula is C15H20N4O5S. The number of ether oxygens (including phenoxy) is 1. The van der Waals surface area contributed by atoms with Crippen LogP contribution in [0.4, 0.5) is 10.8 Å². The Bertz CT molecular complexity index is 871. The zero-order chi connectivity index (χ0) is 18.0. The summed E-state index contributed by atoms with van der Waals surface area (Å²) >= 11 is 0. The van der Waals surface area contributed by atoms with Crippen molar-refractivity contribution in [1.82, 2.24) is 9.88 Å². The van der Waals surface area contributed by atoms with E-state index >= 15 is 0 Å². The number of rotatable bonds is 4. The number of nitrogens with two attached hydrogens (primary N) is 1. The molecule has 2 heterocycles. The molecule has 1 aromatic carbocycles.